The van der Waals surface area contributed by atoms with E-state index < -0.39 is 0 Å². The van der Waals surface area contributed by atoms with Gasteiger partial charge in [0.1, 0.15) is 11.9 Å². The molecule has 3 rings (SSSR count). The fraction of sp³-hybridized carbons (Fsp3) is 0.625. The summed E-state index contributed by atoms with van der Waals surface area (Å²) in [5.74, 6) is 0.978. The molecule has 0 aromatic heterocycles. The van der Waals surface area contributed by atoms with Crippen molar-refractivity contribution in [2.45, 2.75) is 25.0 Å². The minimum absolute atomic E-state index is 0.157. The van der Waals surface area contributed by atoms with E-state index in [1.807, 2.05) is 0 Å². The van der Waals surface area contributed by atoms with Gasteiger partial charge in [-0.15, -0.1) is 0 Å². The molecule has 2 aliphatic heterocycles. The predicted octanol–water partition coefficient (Wildman–Crippen LogP) is 1.82. The summed E-state index contributed by atoms with van der Waals surface area (Å²) < 4.78 is 11.9. The number of rotatable bonds is 3. The molecule has 2 saturated heterocycles. The van der Waals surface area contributed by atoms with E-state index in [-0.39, 0.29) is 6.10 Å². The number of nitrogens with one attached hydrogen (secondary N) is 1. The van der Waals surface area contributed by atoms with Crippen molar-refractivity contribution in [3.63, 3.8) is 0 Å². The summed E-state index contributed by atoms with van der Waals surface area (Å²) in [6, 6.07) is 8.38. The van der Waals surface area contributed by atoms with Gasteiger partial charge >= 0.3 is 0 Å². The van der Waals surface area contributed by atoms with Crippen molar-refractivity contribution in [2.24, 2.45) is 0 Å². The minimum Gasteiger partial charge on any atom is -0.490 e. The molecule has 0 saturated carbocycles. The van der Waals surface area contributed by atoms with Crippen LogP contribution in [0.2, 0.25) is 0 Å². The third-order valence-electron chi connectivity index (χ3n) is 4.13. The van der Waals surface area contributed by atoms with Crippen molar-refractivity contribution < 1.29 is 9.47 Å². The Kier molecular flexibility index (Phi) is 4.55. The van der Waals surface area contributed by atoms with Crippen LogP contribution in [0.1, 0.15) is 24.5 Å². The Labute approximate surface area is 121 Å². The van der Waals surface area contributed by atoms with Gasteiger partial charge in [-0.3, -0.25) is 0 Å². The highest BCUT2D eigenvalue weighted by Crippen LogP contribution is 2.25. The first kappa shape index (κ1) is 13.9. The second kappa shape index (κ2) is 6.57. The molecule has 2 heterocycles. The summed E-state index contributed by atoms with van der Waals surface area (Å²) >= 11 is 0. The van der Waals surface area contributed by atoms with Crippen molar-refractivity contribution in [3.8, 4) is 5.75 Å². The zero-order valence-corrected chi connectivity index (χ0v) is 12.2. The van der Waals surface area contributed by atoms with E-state index in [4.69, 9.17) is 9.47 Å². The van der Waals surface area contributed by atoms with Gasteiger partial charge in [0.05, 0.1) is 12.7 Å². The van der Waals surface area contributed by atoms with E-state index in [2.05, 4.69) is 41.5 Å². The molecular weight excluding hydrogens is 252 g/mol. The Hall–Kier alpha value is -1.10. The van der Waals surface area contributed by atoms with Gasteiger partial charge in [0, 0.05) is 26.2 Å². The molecule has 110 valence electrons. The maximum atomic E-state index is 6.13. The Morgan fingerprint density at radius 1 is 1.30 bits per heavy atom. The second-order valence-electron chi connectivity index (χ2n) is 5.76. The lowest BCUT2D eigenvalue weighted by Crippen LogP contribution is -2.35. The van der Waals surface area contributed by atoms with Crippen LogP contribution >= 0.6 is 0 Å². The van der Waals surface area contributed by atoms with Crippen molar-refractivity contribution in [1.82, 2.24) is 10.2 Å². The molecule has 4 nitrogen and oxygen atoms in total. The molecule has 0 aliphatic carbocycles. The van der Waals surface area contributed by atoms with Gasteiger partial charge in [-0.2, -0.15) is 0 Å². The average molecular weight is 276 g/mol. The van der Waals surface area contributed by atoms with Gasteiger partial charge in [-0.1, -0.05) is 12.1 Å². The highest BCUT2D eigenvalue weighted by molar-refractivity contribution is 5.30. The van der Waals surface area contributed by atoms with E-state index in [9.17, 15) is 0 Å². The fourth-order valence-corrected chi connectivity index (χ4v) is 2.86. The lowest BCUT2D eigenvalue weighted by atomic mass is 10.1. The third-order valence-corrected chi connectivity index (χ3v) is 4.13. The van der Waals surface area contributed by atoms with E-state index in [0.717, 1.165) is 51.4 Å². The minimum atomic E-state index is 0.157. The second-order valence-corrected chi connectivity index (χ2v) is 5.76. The molecule has 0 bridgehead atoms. The van der Waals surface area contributed by atoms with E-state index in [0.29, 0.717) is 6.10 Å². The van der Waals surface area contributed by atoms with E-state index >= 15 is 0 Å². The molecule has 1 aromatic rings. The van der Waals surface area contributed by atoms with Crippen molar-refractivity contribution in [1.29, 1.82) is 0 Å². The van der Waals surface area contributed by atoms with Gasteiger partial charge in [0.25, 0.3) is 0 Å². The van der Waals surface area contributed by atoms with Gasteiger partial charge in [-0.25, -0.2) is 0 Å². The van der Waals surface area contributed by atoms with Crippen LogP contribution in [0, 0.1) is 0 Å². The molecular formula is C16H24N2O2. The number of piperidine rings is 1. The number of morpholine rings is 1. The normalized spacial score (nSPS) is 25.6. The molecule has 2 aliphatic rings. The van der Waals surface area contributed by atoms with Crippen LogP contribution in [0.4, 0.5) is 0 Å². The molecule has 0 radical (unpaired) electrons. The lowest BCUT2D eigenvalue weighted by Gasteiger charge is -2.29. The first-order chi connectivity index (χ1) is 9.81. The average Bonchev–Trinajstić information content (AvgIpc) is 2.51. The third kappa shape index (κ3) is 3.51. The van der Waals surface area contributed by atoms with Gasteiger partial charge in [0.15, 0.2) is 0 Å². The van der Waals surface area contributed by atoms with Crippen molar-refractivity contribution in [2.75, 3.05) is 39.8 Å². The number of hydrogen-bond acceptors (Lipinski definition) is 4. The number of likely N-dealkylation sites (tertiary alicyclic amines) is 1. The largest absolute Gasteiger partial charge is 0.490 e. The SMILES string of the molecule is CN1CCC(Oc2cccc(C3CNCCO3)c2)CC1. The molecule has 1 N–H and O–H groups in total. The van der Waals surface area contributed by atoms with Crippen LogP contribution in [0.15, 0.2) is 24.3 Å². The first-order valence-corrected chi connectivity index (χ1v) is 7.59. The Morgan fingerprint density at radius 3 is 2.90 bits per heavy atom. The molecule has 0 amide bonds. The molecule has 4 heteroatoms. The lowest BCUT2D eigenvalue weighted by molar-refractivity contribution is 0.0274. The monoisotopic (exact) mass is 276 g/mol. The molecule has 2 fully saturated rings. The van der Waals surface area contributed by atoms with Gasteiger partial charge < -0.3 is 19.7 Å². The molecule has 1 aromatic carbocycles. The molecule has 1 atom stereocenters. The van der Waals surface area contributed by atoms with Crippen molar-refractivity contribution >= 4 is 0 Å². The molecule has 20 heavy (non-hydrogen) atoms. The number of ether oxygens (including phenoxy) is 2. The van der Waals surface area contributed by atoms with Crippen LogP contribution in [-0.4, -0.2) is 50.8 Å². The van der Waals surface area contributed by atoms with Crippen LogP contribution in [0.25, 0.3) is 0 Å². The Balaban J connectivity index is 1.62. The van der Waals surface area contributed by atoms with Gasteiger partial charge in [-0.05, 0) is 37.6 Å². The first-order valence-electron chi connectivity index (χ1n) is 7.59. The van der Waals surface area contributed by atoms with Crippen LogP contribution in [-0.2, 0) is 4.74 Å². The summed E-state index contributed by atoms with van der Waals surface area (Å²) in [7, 11) is 2.17. The summed E-state index contributed by atoms with van der Waals surface area (Å²) in [4.78, 5) is 2.36. The number of nitrogens with zero attached hydrogens (tertiary/aromatic N) is 1. The number of benzene rings is 1. The van der Waals surface area contributed by atoms with Gasteiger partial charge in [0.2, 0.25) is 0 Å². The maximum Gasteiger partial charge on any atom is 0.120 e. The number of hydrogen-bond donors (Lipinski definition) is 1. The molecule has 1 unspecified atom stereocenters. The summed E-state index contributed by atoms with van der Waals surface area (Å²) in [5.41, 5.74) is 1.21. The van der Waals surface area contributed by atoms with E-state index in [1.54, 1.807) is 0 Å². The van der Waals surface area contributed by atoms with E-state index in [1.165, 1.54) is 5.56 Å². The van der Waals surface area contributed by atoms with Crippen LogP contribution < -0.4 is 10.1 Å². The topological polar surface area (TPSA) is 33.7 Å². The van der Waals surface area contributed by atoms with Crippen LogP contribution in [0.3, 0.4) is 0 Å². The Morgan fingerprint density at radius 2 is 2.15 bits per heavy atom. The highest BCUT2D eigenvalue weighted by atomic mass is 16.5. The summed E-state index contributed by atoms with van der Waals surface area (Å²) in [6.07, 6.45) is 2.74. The summed E-state index contributed by atoms with van der Waals surface area (Å²) in [6.45, 7) is 4.87. The maximum absolute atomic E-state index is 6.13. The Bertz CT molecular complexity index is 424. The summed E-state index contributed by atoms with van der Waals surface area (Å²) in [5, 5.41) is 3.37. The van der Waals surface area contributed by atoms with Crippen LogP contribution in [0.5, 0.6) is 5.75 Å². The zero-order chi connectivity index (χ0) is 13.8. The molecule has 0 spiro atoms. The predicted molar refractivity (Wildman–Crippen MR) is 79.2 cm³/mol. The fourth-order valence-electron chi connectivity index (χ4n) is 2.86. The zero-order valence-electron chi connectivity index (χ0n) is 12.2. The smallest absolute Gasteiger partial charge is 0.120 e. The standard InChI is InChI=1S/C16H24N2O2/c1-18-8-5-14(6-9-18)20-15-4-2-3-13(11-15)16-12-17-7-10-19-16/h2-4,11,14,16-17H,5-10,12H2,1H3. The van der Waals surface area contributed by atoms with Crippen molar-refractivity contribution in [3.05, 3.63) is 29.8 Å². The quantitative estimate of drug-likeness (QED) is 0.913. The highest BCUT2D eigenvalue weighted by Gasteiger charge is 2.19.